The van der Waals surface area contributed by atoms with Crippen molar-refractivity contribution >= 4 is 22.8 Å². The number of ether oxygens (including phenoxy) is 2. The standard InChI is InChI=1S/C29H36N6O3/c1-16(2)22-23(19-13-35-26(30-15-31-35)18(4)17(19)3)32-20-12-21-25(33-24(20)22)29(14-37-21)8-10-34(11-9-29)27(36)38-28(5,6)7/h12-13,15-16,32H,8-11,14H2,1-7H3. The van der Waals surface area contributed by atoms with Crippen molar-refractivity contribution in [3.63, 3.8) is 0 Å². The number of nitrogens with zero attached hydrogens (tertiary/aromatic N) is 5. The van der Waals surface area contributed by atoms with Crippen molar-refractivity contribution in [1.82, 2.24) is 29.5 Å². The Balaban J connectivity index is 1.40. The first-order chi connectivity index (χ1) is 18.0. The molecule has 0 aliphatic carbocycles. The van der Waals surface area contributed by atoms with Crippen LogP contribution in [0.5, 0.6) is 5.75 Å². The van der Waals surface area contributed by atoms with Gasteiger partial charge in [0, 0.05) is 36.5 Å². The SMILES string of the molecule is Cc1c(-c2[nH]c3cc4c(nc3c2C(C)C)C2(CCN(C(=O)OC(C)(C)C)CC2)CO4)cn2ncnc2c1C. The summed E-state index contributed by atoms with van der Waals surface area (Å²) in [7, 11) is 0. The predicted molar refractivity (Wildman–Crippen MR) is 146 cm³/mol. The van der Waals surface area contributed by atoms with E-state index >= 15 is 0 Å². The molecular weight excluding hydrogens is 480 g/mol. The van der Waals surface area contributed by atoms with E-state index in [4.69, 9.17) is 14.5 Å². The Morgan fingerprint density at radius 1 is 1.18 bits per heavy atom. The number of amides is 1. The summed E-state index contributed by atoms with van der Waals surface area (Å²) in [6.07, 6.45) is 5.00. The van der Waals surface area contributed by atoms with Crippen LogP contribution in [0.4, 0.5) is 4.79 Å². The molecule has 1 spiro atoms. The highest BCUT2D eigenvalue weighted by Gasteiger charge is 2.46. The highest BCUT2D eigenvalue weighted by molar-refractivity contribution is 5.90. The minimum atomic E-state index is -0.503. The van der Waals surface area contributed by atoms with E-state index < -0.39 is 5.60 Å². The average Bonchev–Trinajstić information content (AvgIpc) is 3.55. The fraction of sp³-hybridized carbons (Fsp3) is 0.517. The van der Waals surface area contributed by atoms with Crippen molar-refractivity contribution in [2.24, 2.45) is 0 Å². The first kappa shape index (κ1) is 24.7. The van der Waals surface area contributed by atoms with Gasteiger partial charge >= 0.3 is 6.09 Å². The third kappa shape index (κ3) is 3.82. The van der Waals surface area contributed by atoms with Crippen LogP contribution in [0.2, 0.25) is 0 Å². The van der Waals surface area contributed by atoms with Crippen LogP contribution in [0.3, 0.4) is 0 Å². The number of hydrogen-bond donors (Lipinski definition) is 1. The molecule has 0 bridgehead atoms. The number of likely N-dealkylation sites (tertiary alicyclic amines) is 1. The molecule has 6 heterocycles. The smallest absolute Gasteiger partial charge is 0.410 e. The minimum absolute atomic E-state index is 0.195. The molecule has 0 unspecified atom stereocenters. The van der Waals surface area contributed by atoms with E-state index in [2.05, 4.69) is 55.0 Å². The monoisotopic (exact) mass is 516 g/mol. The lowest BCUT2D eigenvalue weighted by Crippen LogP contribution is -2.47. The van der Waals surface area contributed by atoms with E-state index in [1.165, 1.54) is 11.1 Å². The third-order valence-corrected chi connectivity index (χ3v) is 8.12. The molecule has 2 aliphatic heterocycles. The number of aromatic amines is 1. The number of hydrogen-bond acceptors (Lipinski definition) is 6. The summed E-state index contributed by atoms with van der Waals surface area (Å²) >= 11 is 0. The van der Waals surface area contributed by atoms with Gasteiger partial charge in [-0.3, -0.25) is 0 Å². The van der Waals surface area contributed by atoms with Gasteiger partial charge in [0.2, 0.25) is 0 Å². The summed E-state index contributed by atoms with van der Waals surface area (Å²) in [6.45, 7) is 16.2. The highest BCUT2D eigenvalue weighted by atomic mass is 16.6. The van der Waals surface area contributed by atoms with Crippen LogP contribution in [0.15, 0.2) is 18.6 Å². The van der Waals surface area contributed by atoms with Gasteiger partial charge in [-0.25, -0.2) is 19.3 Å². The molecule has 38 heavy (non-hydrogen) atoms. The zero-order valence-corrected chi connectivity index (χ0v) is 23.3. The molecule has 0 atom stereocenters. The second kappa shape index (κ2) is 8.44. The van der Waals surface area contributed by atoms with Crippen molar-refractivity contribution in [3.05, 3.63) is 41.0 Å². The number of aromatic nitrogens is 5. The fourth-order valence-electron chi connectivity index (χ4n) is 5.94. The third-order valence-electron chi connectivity index (χ3n) is 8.12. The van der Waals surface area contributed by atoms with Gasteiger partial charge in [-0.1, -0.05) is 13.8 Å². The number of aryl methyl sites for hydroxylation is 1. The van der Waals surface area contributed by atoms with Crippen molar-refractivity contribution < 1.29 is 14.3 Å². The van der Waals surface area contributed by atoms with E-state index in [1.54, 1.807) is 6.33 Å². The zero-order chi connectivity index (χ0) is 27.0. The van der Waals surface area contributed by atoms with Crippen LogP contribution >= 0.6 is 0 Å². The van der Waals surface area contributed by atoms with Gasteiger partial charge in [0.1, 0.15) is 17.7 Å². The average molecular weight is 517 g/mol. The minimum Gasteiger partial charge on any atom is -0.491 e. The number of piperidine rings is 1. The van der Waals surface area contributed by atoms with Crippen LogP contribution in [-0.4, -0.2) is 60.9 Å². The number of pyridine rings is 2. The first-order valence-electron chi connectivity index (χ1n) is 13.5. The molecule has 1 fully saturated rings. The van der Waals surface area contributed by atoms with Gasteiger partial charge in [0.05, 0.1) is 34.4 Å². The molecule has 9 heteroatoms. The number of H-pyrrole nitrogens is 1. The summed E-state index contributed by atoms with van der Waals surface area (Å²) in [4.78, 5) is 27.9. The van der Waals surface area contributed by atoms with E-state index in [-0.39, 0.29) is 17.4 Å². The number of fused-ring (bicyclic) bond motifs is 4. The molecule has 9 nitrogen and oxygen atoms in total. The lowest BCUT2D eigenvalue weighted by Gasteiger charge is -2.38. The Morgan fingerprint density at radius 2 is 1.92 bits per heavy atom. The molecule has 0 radical (unpaired) electrons. The van der Waals surface area contributed by atoms with Crippen molar-refractivity contribution in [3.8, 4) is 17.0 Å². The van der Waals surface area contributed by atoms with E-state index in [0.29, 0.717) is 19.7 Å². The van der Waals surface area contributed by atoms with Gasteiger partial charge in [0.15, 0.2) is 5.65 Å². The maximum absolute atomic E-state index is 12.7. The summed E-state index contributed by atoms with van der Waals surface area (Å²) in [5.74, 6) is 1.09. The molecule has 4 aromatic heterocycles. The summed E-state index contributed by atoms with van der Waals surface area (Å²) in [6, 6.07) is 2.11. The molecule has 0 aromatic carbocycles. The number of nitrogens with one attached hydrogen (secondary N) is 1. The normalized spacial score (nSPS) is 17.0. The quantitative estimate of drug-likeness (QED) is 0.368. The Morgan fingerprint density at radius 3 is 2.61 bits per heavy atom. The Labute approximate surface area is 222 Å². The molecule has 2 aliphatic rings. The summed E-state index contributed by atoms with van der Waals surface area (Å²) in [5.41, 5.74) is 8.80. The van der Waals surface area contributed by atoms with Crippen LogP contribution < -0.4 is 4.74 Å². The largest absolute Gasteiger partial charge is 0.491 e. The molecule has 4 aromatic rings. The molecule has 1 N–H and O–H groups in total. The molecular formula is C29H36N6O3. The topological polar surface area (TPSA) is 97.6 Å². The van der Waals surface area contributed by atoms with Gasteiger partial charge in [0.25, 0.3) is 0 Å². The Hall–Kier alpha value is -3.62. The second-order valence-corrected chi connectivity index (χ2v) is 12.2. The van der Waals surface area contributed by atoms with Crippen LogP contribution in [0.25, 0.3) is 27.9 Å². The summed E-state index contributed by atoms with van der Waals surface area (Å²) in [5, 5.41) is 4.40. The van der Waals surface area contributed by atoms with Crippen molar-refractivity contribution in [2.45, 2.75) is 78.2 Å². The van der Waals surface area contributed by atoms with Gasteiger partial charge in [-0.15, -0.1) is 0 Å². The molecule has 1 amide bonds. The lowest BCUT2D eigenvalue weighted by molar-refractivity contribution is 0.0150. The van der Waals surface area contributed by atoms with Crippen molar-refractivity contribution in [2.75, 3.05) is 19.7 Å². The maximum atomic E-state index is 12.7. The Bertz CT molecular complexity index is 1570. The zero-order valence-electron chi connectivity index (χ0n) is 23.3. The fourth-order valence-corrected chi connectivity index (χ4v) is 5.94. The second-order valence-electron chi connectivity index (χ2n) is 12.2. The van der Waals surface area contributed by atoms with E-state index in [0.717, 1.165) is 57.8 Å². The molecule has 1 saturated heterocycles. The molecule has 0 saturated carbocycles. The van der Waals surface area contributed by atoms with Crippen LogP contribution in [0, 0.1) is 13.8 Å². The van der Waals surface area contributed by atoms with Gasteiger partial charge < -0.3 is 19.4 Å². The van der Waals surface area contributed by atoms with Crippen molar-refractivity contribution in [1.29, 1.82) is 0 Å². The van der Waals surface area contributed by atoms with E-state index in [9.17, 15) is 4.79 Å². The molecule has 200 valence electrons. The van der Waals surface area contributed by atoms with Crippen LogP contribution in [0.1, 0.15) is 75.8 Å². The lowest BCUT2D eigenvalue weighted by atomic mass is 9.77. The molecule has 6 rings (SSSR count). The van der Waals surface area contributed by atoms with Gasteiger partial charge in [-0.05, 0) is 64.5 Å². The van der Waals surface area contributed by atoms with E-state index in [1.807, 2.05) is 30.2 Å². The maximum Gasteiger partial charge on any atom is 0.410 e. The van der Waals surface area contributed by atoms with Gasteiger partial charge in [-0.2, -0.15) is 5.10 Å². The van der Waals surface area contributed by atoms with Crippen LogP contribution in [-0.2, 0) is 10.2 Å². The Kier molecular flexibility index (Phi) is 5.49. The highest BCUT2D eigenvalue weighted by Crippen LogP contribution is 2.47. The first-order valence-corrected chi connectivity index (χ1v) is 13.5. The number of carbonyl (C=O) groups excluding carboxylic acids is 1. The predicted octanol–water partition coefficient (Wildman–Crippen LogP) is 5.67. The summed E-state index contributed by atoms with van der Waals surface area (Å²) < 4.78 is 13.7. The number of rotatable bonds is 2. The number of carbonyl (C=O) groups is 1.